The summed E-state index contributed by atoms with van der Waals surface area (Å²) in [7, 11) is 0. The Labute approximate surface area is 170 Å². The van der Waals surface area contributed by atoms with Gasteiger partial charge in [0.2, 0.25) is 0 Å². The number of aliphatic hydroxyl groups excluding tert-OH is 1. The van der Waals surface area contributed by atoms with Gasteiger partial charge in [-0.1, -0.05) is 30.3 Å². The third kappa shape index (κ3) is 4.31. The Morgan fingerprint density at radius 1 is 1.10 bits per heavy atom. The van der Waals surface area contributed by atoms with Gasteiger partial charge in [0.1, 0.15) is 11.5 Å². The fourth-order valence-electron chi connectivity index (χ4n) is 2.82. The maximum Gasteiger partial charge on any atom is 0.257 e. The quantitative estimate of drug-likeness (QED) is 0.366. The van der Waals surface area contributed by atoms with E-state index < -0.39 is 18.0 Å². The van der Waals surface area contributed by atoms with Crippen LogP contribution in [0.3, 0.4) is 0 Å². The number of hydrogen-bond donors (Lipinski definition) is 4. The lowest BCUT2D eigenvalue weighted by Gasteiger charge is -2.14. The van der Waals surface area contributed by atoms with Crippen molar-refractivity contribution >= 4 is 17.3 Å². The molecule has 3 heterocycles. The molecule has 9 heteroatoms. The van der Waals surface area contributed by atoms with Gasteiger partial charge >= 0.3 is 0 Å². The molecular formula is C21H17FN6O2. The zero-order valence-corrected chi connectivity index (χ0v) is 15.6. The van der Waals surface area contributed by atoms with E-state index in [1.165, 1.54) is 12.4 Å². The molecule has 4 rings (SSSR count). The van der Waals surface area contributed by atoms with E-state index in [-0.39, 0.29) is 16.9 Å². The number of amides is 1. The van der Waals surface area contributed by atoms with Crippen molar-refractivity contribution in [1.29, 1.82) is 0 Å². The van der Waals surface area contributed by atoms with Crippen LogP contribution in [-0.2, 0) is 0 Å². The first kappa shape index (κ1) is 19.2. The normalized spacial score (nSPS) is 11.7. The van der Waals surface area contributed by atoms with E-state index in [1.807, 2.05) is 36.4 Å². The van der Waals surface area contributed by atoms with E-state index in [1.54, 1.807) is 12.3 Å². The summed E-state index contributed by atoms with van der Waals surface area (Å²) in [6.45, 7) is 0. The van der Waals surface area contributed by atoms with Gasteiger partial charge in [-0.25, -0.2) is 4.39 Å². The highest BCUT2D eigenvalue weighted by molar-refractivity contribution is 6.04. The van der Waals surface area contributed by atoms with Crippen molar-refractivity contribution in [1.82, 2.24) is 20.2 Å². The largest absolute Gasteiger partial charge is 0.368 e. The van der Waals surface area contributed by atoms with E-state index in [0.29, 0.717) is 5.69 Å². The van der Waals surface area contributed by atoms with Gasteiger partial charge in [0.05, 0.1) is 35.0 Å². The van der Waals surface area contributed by atoms with Gasteiger partial charge in [0.15, 0.2) is 6.23 Å². The first-order valence-corrected chi connectivity index (χ1v) is 9.02. The lowest BCUT2D eigenvalue weighted by atomic mass is 10.1. The minimum atomic E-state index is -1.22. The highest BCUT2D eigenvalue weighted by atomic mass is 19.1. The summed E-state index contributed by atoms with van der Waals surface area (Å²) in [5.41, 5.74) is 2.81. The molecule has 0 bridgehead atoms. The molecule has 1 amide bonds. The van der Waals surface area contributed by atoms with Crippen molar-refractivity contribution < 1.29 is 14.3 Å². The summed E-state index contributed by atoms with van der Waals surface area (Å²) in [5.74, 6) is -1.20. The van der Waals surface area contributed by atoms with E-state index in [2.05, 4.69) is 30.8 Å². The Balaban J connectivity index is 1.45. The monoisotopic (exact) mass is 404 g/mol. The minimum absolute atomic E-state index is 0.0466. The predicted molar refractivity (Wildman–Crippen MR) is 109 cm³/mol. The second-order valence-electron chi connectivity index (χ2n) is 6.38. The average Bonchev–Trinajstić information content (AvgIpc) is 3.23. The first-order valence-electron chi connectivity index (χ1n) is 9.02. The molecule has 8 nitrogen and oxygen atoms in total. The molecule has 3 aromatic heterocycles. The van der Waals surface area contributed by atoms with Crippen LogP contribution in [0.1, 0.15) is 22.3 Å². The molecule has 0 fully saturated rings. The number of benzene rings is 1. The van der Waals surface area contributed by atoms with Crippen LogP contribution in [0, 0.1) is 5.82 Å². The van der Waals surface area contributed by atoms with Crippen LogP contribution in [0.15, 0.2) is 73.3 Å². The fraction of sp³-hybridized carbons (Fsp3) is 0.0476. The number of carbonyl (C=O) groups excluding carboxylic acids is 1. The Morgan fingerprint density at radius 2 is 1.93 bits per heavy atom. The zero-order chi connectivity index (χ0) is 20.9. The summed E-state index contributed by atoms with van der Waals surface area (Å²) in [5, 5.41) is 22.5. The zero-order valence-electron chi connectivity index (χ0n) is 15.6. The topological polar surface area (TPSA) is 116 Å². The van der Waals surface area contributed by atoms with Gasteiger partial charge in [0, 0.05) is 18.0 Å². The number of aromatic nitrogens is 4. The molecular weight excluding hydrogens is 387 g/mol. The molecule has 30 heavy (non-hydrogen) atoms. The number of anilines is 2. The van der Waals surface area contributed by atoms with Gasteiger partial charge in [-0.15, -0.1) is 0 Å². The van der Waals surface area contributed by atoms with Crippen LogP contribution in [0.25, 0.3) is 11.3 Å². The SMILES string of the molecule is O=C(Nc1c[nH]nc1C(O)Nc1ccc(-c2ccccc2)nc1)c1cncc(F)c1. The van der Waals surface area contributed by atoms with Crippen molar-refractivity contribution in [3.05, 3.63) is 90.4 Å². The number of hydrogen-bond acceptors (Lipinski definition) is 6. The van der Waals surface area contributed by atoms with Crippen LogP contribution in [-0.4, -0.2) is 31.2 Å². The van der Waals surface area contributed by atoms with E-state index >= 15 is 0 Å². The molecule has 0 spiro atoms. The lowest BCUT2D eigenvalue weighted by molar-refractivity contribution is 0.102. The van der Waals surface area contributed by atoms with E-state index in [4.69, 9.17) is 0 Å². The first-order chi connectivity index (χ1) is 14.6. The Morgan fingerprint density at radius 3 is 2.67 bits per heavy atom. The molecule has 4 N–H and O–H groups in total. The second kappa shape index (κ2) is 8.50. The van der Waals surface area contributed by atoms with Crippen molar-refractivity contribution in [2.24, 2.45) is 0 Å². The van der Waals surface area contributed by atoms with Crippen molar-refractivity contribution in [3.63, 3.8) is 0 Å². The summed E-state index contributed by atoms with van der Waals surface area (Å²) in [4.78, 5) is 20.3. The van der Waals surface area contributed by atoms with Crippen LogP contribution in [0.2, 0.25) is 0 Å². The van der Waals surface area contributed by atoms with Crippen LogP contribution < -0.4 is 10.6 Å². The maximum absolute atomic E-state index is 13.3. The van der Waals surface area contributed by atoms with Crippen LogP contribution in [0.4, 0.5) is 15.8 Å². The molecule has 0 radical (unpaired) electrons. The number of aliphatic hydroxyl groups is 1. The molecule has 4 aromatic rings. The van der Waals surface area contributed by atoms with Gasteiger partial charge in [-0.2, -0.15) is 5.10 Å². The molecule has 0 saturated heterocycles. The molecule has 0 aliphatic carbocycles. The van der Waals surface area contributed by atoms with E-state index in [9.17, 15) is 14.3 Å². The summed E-state index contributed by atoms with van der Waals surface area (Å²) in [6.07, 6.45) is 4.04. The molecule has 1 unspecified atom stereocenters. The number of H-pyrrole nitrogens is 1. The minimum Gasteiger partial charge on any atom is -0.368 e. The third-order valence-electron chi connectivity index (χ3n) is 4.28. The van der Waals surface area contributed by atoms with Crippen LogP contribution >= 0.6 is 0 Å². The van der Waals surface area contributed by atoms with E-state index in [0.717, 1.165) is 23.5 Å². The van der Waals surface area contributed by atoms with Crippen LogP contribution in [0.5, 0.6) is 0 Å². The number of nitrogens with one attached hydrogen (secondary N) is 3. The maximum atomic E-state index is 13.3. The molecule has 0 saturated carbocycles. The Hall–Kier alpha value is -4.11. The van der Waals surface area contributed by atoms with Crippen molar-refractivity contribution in [3.8, 4) is 11.3 Å². The third-order valence-corrected chi connectivity index (χ3v) is 4.28. The number of halogens is 1. The number of rotatable bonds is 6. The molecule has 1 atom stereocenters. The molecule has 0 aliphatic heterocycles. The van der Waals surface area contributed by atoms with Gasteiger partial charge in [0.25, 0.3) is 5.91 Å². The summed E-state index contributed by atoms with van der Waals surface area (Å²) in [6, 6.07) is 14.4. The second-order valence-corrected chi connectivity index (χ2v) is 6.38. The smallest absolute Gasteiger partial charge is 0.257 e. The van der Waals surface area contributed by atoms with Gasteiger partial charge in [-0.3, -0.25) is 19.9 Å². The average molecular weight is 404 g/mol. The number of pyridine rings is 2. The van der Waals surface area contributed by atoms with Gasteiger partial charge < -0.3 is 15.7 Å². The molecule has 0 aliphatic rings. The number of aromatic amines is 1. The standard InChI is InChI=1S/C21H17FN6O2/c22-15-8-14(9-23-10-15)20(29)27-18-12-25-28-19(18)21(30)26-16-6-7-17(24-11-16)13-4-2-1-3-5-13/h1-12,21,26,30H,(H,25,28)(H,27,29). The highest BCUT2D eigenvalue weighted by Crippen LogP contribution is 2.24. The Bertz CT molecular complexity index is 1150. The van der Waals surface area contributed by atoms with Gasteiger partial charge in [-0.05, 0) is 18.2 Å². The fourth-order valence-corrected chi connectivity index (χ4v) is 2.82. The summed E-state index contributed by atoms with van der Waals surface area (Å²) < 4.78 is 13.3. The predicted octanol–water partition coefficient (Wildman–Crippen LogP) is 3.36. The van der Waals surface area contributed by atoms with Crippen molar-refractivity contribution in [2.45, 2.75) is 6.23 Å². The summed E-state index contributed by atoms with van der Waals surface area (Å²) >= 11 is 0. The Kier molecular flexibility index (Phi) is 5.44. The molecule has 150 valence electrons. The number of carbonyl (C=O) groups is 1. The molecule has 1 aromatic carbocycles. The number of nitrogens with zero attached hydrogens (tertiary/aromatic N) is 3. The van der Waals surface area contributed by atoms with Crippen molar-refractivity contribution in [2.75, 3.05) is 10.6 Å². The highest BCUT2D eigenvalue weighted by Gasteiger charge is 2.18. The lowest BCUT2D eigenvalue weighted by Crippen LogP contribution is -2.17.